The first-order valence-corrected chi connectivity index (χ1v) is 8.45. The smallest absolute Gasteiger partial charge is 0.191 e. The highest BCUT2D eigenvalue weighted by molar-refractivity contribution is 5.79. The first-order valence-electron chi connectivity index (χ1n) is 8.45. The number of rotatable bonds is 4. The fourth-order valence-corrected chi connectivity index (χ4v) is 3.03. The van der Waals surface area contributed by atoms with Crippen molar-refractivity contribution in [2.24, 2.45) is 12.0 Å². The van der Waals surface area contributed by atoms with E-state index in [1.807, 2.05) is 25.6 Å². The van der Waals surface area contributed by atoms with E-state index >= 15 is 0 Å². The van der Waals surface area contributed by atoms with Crippen LogP contribution >= 0.6 is 0 Å². The molecule has 0 fully saturated rings. The van der Waals surface area contributed by atoms with E-state index in [1.165, 1.54) is 12.1 Å². The van der Waals surface area contributed by atoms with Crippen LogP contribution in [0, 0.1) is 19.7 Å². The van der Waals surface area contributed by atoms with Crippen molar-refractivity contribution in [2.45, 2.75) is 33.5 Å². The molecule has 8 heteroatoms. The van der Waals surface area contributed by atoms with Gasteiger partial charge in [0.1, 0.15) is 11.6 Å². The molecule has 3 rings (SSSR count). The molecule has 140 valence electrons. The van der Waals surface area contributed by atoms with Crippen molar-refractivity contribution in [3.05, 3.63) is 46.0 Å². The first-order chi connectivity index (χ1) is 12.5. The third kappa shape index (κ3) is 3.80. The van der Waals surface area contributed by atoms with Crippen LogP contribution < -0.4 is 15.4 Å². The van der Waals surface area contributed by atoms with Gasteiger partial charge in [0.05, 0.1) is 12.3 Å². The molecule has 0 saturated carbocycles. The Kier molecular flexibility index (Phi) is 5.41. The number of benzene rings is 1. The van der Waals surface area contributed by atoms with Gasteiger partial charge in [0.25, 0.3) is 0 Å². The second kappa shape index (κ2) is 7.74. The number of nitrogens with zero attached hydrogens (tertiary/aromatic N) is 3. The molecular weight excluding hydrogens is 337 g/mol. The van der Waals surface area contributed by atoms with Crippen molar-refractivity contribution in [3.63, 3.8) is 0 Å². The largest absolute Gasteiger partial charge is 0.467 e. The van der Waals surface area contributed by atoms with E-state index in [9.17, 15) is 4.39 Å². The summed E-state index contributed by atoms with van der Waals surface area (Å²) in [5.74, 6) is 0.997. The average molecular weight is 361 g/mol. The average Bonchev–Trinajstić information content (AvgIpc) is 2.87. The lowest BCUT2D eigenvalue weighted by atomic mass is 10.1. The zero-order valence-electron chi connectivity index (χ0n) is 15.5. The highest BCUT2D eigenvalue weighted by Crippen LogP contribution is 2.29. The summed E-state index contributed by atoms with van der Waals surface area (Å²) in [5, 5.41) is 10.9. The molecule has 0 unspecified atom stereocenters. The number of aryl methyl sites for hydroxylation is 2. The number of ether oxygens (including phenoxy) is 2. The summed E-state index contributed by atoms with van der Waals surface area (Å²) in [6, 6.07) is 2.92. The molecule has 0 amide bonds. The minimum Gasteiger partial charge on any atom is -0.467 e. The highest BCUT2D eigenvalue weighted by Gasteiger charge is 2.17. The van der Waals surface area contributed by atoms with Crippen LogP contribution in [-0.2, 0) is 31.5 Å². The predicted octanol–water partition coefficient (Wildman–Crippen LogP) is 1.91. The molecule has 0 bridgehead atoms. The van der Waals surface area contributed by atoms with Gasteiger partial charge in [-0.3, -0.25) is 9.67 Å². The zero-order valence-corrected chi connectivity index (χ0v) is 15.5. The first kappa shape index (κ1) is 18.2. The molecule has 7 nitrogen and oxygen atoms in total. The van der Waals surface area contributed by atoms with E-state index in [1.54, 1.807) is 7.05 Å². The maximum Gasteiger partial charge on any atom is 0.191 e. The van der Waals surface area contributed by atoms with Crippen molar-refractivity contribution in [1.29, 1.82) is 0 Å². The van der Waals surface area contributed by atoms with E-state index in [-0.39, 0.29) is 12.6 Å². The van der Waals surface area contributed by atoms with E-state index in [2.05, 4.69) is 20.7 Å². The number of aromatic nitrogens is 2. The van der Waals surface area contributed by atoms with Gasteiger partial charge in [-0.05, 0) is 26.0 Å². The van der Waals surface area contributed by atoms with Crippen LogP contribution in [0.25, 0.3) is 0 Å². The van der Waals surface area contributed by atoms with Gasteiger partial charge in [0.15, 0.2) is 12.8 Å². The Balaban J connectivity index is 1.66. The zero-order chi connectivity index (χ0) is 18.7. The van der Waals surface area contributed by atoms with Crippen LogP contribution in [0.15, 0.2) is 17.1 Å². The fourth-order valence-electron chi connectivity index (χ4n) is 3.03. The minimum atomic E-state index is -0.306. The minimum absolute atomic E-state index is 0.179. The molecule has 1 aromatic carbocycles. The molecular formula is C18H24FN5O2. The number of hydrogen-bond donors (Lipinski definition) is 2. The second-order valence-electron chi connectivity index (χ2n) is 6.22. The lowest BCUT2D eigenvalue weighted by Gasteiger charge is -2.21. The van der Waals surface area contributed by atoms with Crippen LogP contribution in [0.5, 0.6) is 5.75 Å². The third-order valence-corrected chi connectivity index (χ3v) is 4.51. The monoisotopic (exact) mass is 361 g/mol. The molecule has 0 aliphatic carbocycles. The molecule has 1 aromatic heterocycles. The van der Waals surface area contributed by atoms with Gasteiger partial charge >= 0.3 is 0 Å². The predicted molar refractivity (Wildman–Crippen MR) is 96.4 cm³/mol. The summed E-state index contributed by atoms with van der Waals surface area (Å²) in [5.41, 5.74) is 4.69. The van der Waals surface area contributed by atoms with Gasteiger partial charge in [-0.25, -0.2) is 4.39 Å². The van der Waals surface area contributed by atoms with E-state index < -0.39 is 0 Å². The third-order valence-electron chi connectivity index (χ3n) is 4.51. The Morgan fingerprint density at radius 3 is 2.77 bits per heavy atom. The topological polar surface area (TPSA) is 72.7 Å². The lowest BCUT2D eigenvalue weighted by molar-refractivity contribution is -0.0172. The summed E-state index contributed by atoms with van der Waals surface area (Å²) in [6.07, 6.45) is 0. The van der Waals surface area contributed by atoms with Crippen LogP contribution in [0.1, 0.15) is 28.1 Å². The maximum absolute atomic E-state index is 13.8. The summed E-state index contributed by atoms with van der Waals surface area (Å²) in [7, 11) is 3.62. The quantitative estimate of drug-likeness (QED) is 0.643. The molecule has 26 heavy (non-hydrogen) atoms. The fraction of sp³-hybridized carbons (Fsp3) is 0.444. The van der Waals surface area contributed by atoms with Gasteiger partial charge < -0.3 is 20.1 Å². The Morgan fingerprint density at radius 1 is 1.31 bits per heavy atom. The molecule has 2 aromatic rings. The highest BCUT2D eigenvalue weighted by atomic mass is 19.1. The number of aliphatic imine (C=N–C) groups is 1. The molecule has 0 radical (unpaired) electrons. The van der Waals surface area contributed by atoms with Gasteiger partial charge in [-0.15, -0.1) is 0 Å². The standard InChI is InChI=1S/C18H24FN5O2/c1-11-16(12(2)24(4)23-11)8-22-18(20-3)21-7-13-5-15(19)6-14-9-25-10-26-17(13)14/h5-6H,7-10H2,1-4H3,(H2,20,21,22). The van der Waals surface area contributed by atoms with E-state index in [0.29, 0.717) is 31.4 Å². The van der Waals surface area contributed by atoms with Crippen molar-refractivity contribution >= 4 is 5.96 Å². The van der Waals surface area contributed by atoms with E-state index in [0.717, 1.165) is 28.1 Å². The summed E-state index contributed by atoms with van der Waals surface area (Å²) in [6.45, 7) is 5.55. The Morgan fingerprint density at radius 2 is 2.08 bits per heavy atom. The van der Waals surface area contributed by atoms with Crippen LogP contribution in [0.3, 0.4) is 0 Å². The summed E-state index contributed by atoms with van der Waals surface area (Å²) >= 11 is 0. The number of guanidine groups is 1. The van der Waals surface area contributed by atoms with Crippen LogP contribution in [-0.4, -0.2) is 29.6 Å². The summed E-state index contributed by atoms with van der Waals surface area (Å²) in [4.78, 5) is 4.23. The van der Waals surface area contributed by atoms with Crippen molar-refractivity contribution < 1.29 is 13.9 Å². The van der Waals surface area contributed by atoms with Gasteiger partial charge in [-0.2, -0.15) is 5.10 Å². The molecule has 2 heterocycles. The van der Waals surface area contributed by atoms with Crippen molar-refractivity contribution in [2.75, 3.05) is 13.8 Å². The molecule has 0 saturated heterocycles. The second-order valence-corrected chi connectivity index (χ2v) is 6.22. The summed E-state index contributed by atoms with van der Waals surface area (Å²) < 4.78 is 26.4. The van der Waals surface area contributed by atoms with Gasteiger partial charge in [0, 0.05) is 49.6 Å². The molecule has 2 N–H and O–H groups in total. The van der Waals surface area contributed by atoms with Gasteiger partial charge in [0.2, 0.25) is 0 Å². The van der Waals surface area contributed by atoms with Gasteiger partial charge in [-0.1, -0.05) is 0 Å². The number of halogens is 1. The lowest BCUT2D eigenvalue weighted by Crippen LogP contribution is -2.36. The molecule has 1 aliphatic heterocycles. The maximum atomic E-state index is 13.8. The molecule has 0 atom stereocenters. The molecule has 1 aliphatic rings. The number of fused-ring (bicyclic) bond motifs is 1. The van der Waals surface area contributed by atoms with E-state index in [4.69, 9.17) is 9.47 Å². The number of hydrogen-bond acceptors (Lipinski definition) is 4. The van der Waals surface area contributed by atoms with Crippen molar-refractivity contribution in [1.82, 2.24) is 20.4 Å². The van der Waals surface area contributed by atoms with Crippen LogP contribution in [0.2, 0.25) is 0 Å². The normalized spacial score (nSPS) is 14.0. The Labute approximate surface area is 152 Å². The molecule has 0 spiro atoms. The number of nitrogens with one attached hydrogen (secondary N) is 2. The SMILES string of the molecule is CN=C(NCc1cc(F)cc2c1OCOC2)NCc1c(C)nn(C)c1C. The Hall–Kier alpha value is -2.61. The van der Waals surface area contributed by atoms with Crippen LogP contribution in [0.4, 0.5) is 4.39 Å². The Bertz CT molecular complexity index is 831. The van der Waals surface area contributed by atoms with Crippen molar-refractivity contribution in [3.8, 4) is 5.75 Å².